The lowest BCUT2D eigenvalue weighted by molar-refractivity contribution is 0.0785. The van der Waals surface area contributed by atoms with Crippen LogP contribution in [0.5, 0.6) is 0 Å². The summed E-state index contributed by atoms with van der Waals surface area (Å²) in [6.45, 7) is 0.432. The Bertz CT molecular complexity index is 1020. The van der Waals surface area contributed by atoms with E-state index in [1.165, 1.54) is 18.2 Å². The molecule has 1 amide bonds. The van der Waals surface area contributed by atoms with Gasteiger partial charge < -0.3 is 4.90 Å². The number of hydrogen-bond acceptors (Lipinski definition) is 4. The van der Waals surface area contributed by atoms with Crippen LogP contribution in [0.25, 0.3) is 0 Å². The van der Waals surface area contributed by atoms with E-state index in [4.69, 9.17) is 0 Å². The summed E-state index contributed by atoms with van der Waals surface area (Å²) >= 11 is 0. The lowest BCUT2D eigenvalue weighted by Crippen LogP contribution is -2.26. The fraction of sp³-hybridized carbons (Fsp3) is 0.100. The van der Waals surface area contributed by atoms with Gasteiger partial charge in [0, 0.05) is 37.2 Å². The van der Waals surface area contributed by atoms with Crippen molar-refractivity contribution >= 4 is 21.6 Å². The smallest absolute Gasteiger partial charge is 0.261 e. The summed E-state index contributed by atoms with van der Waals surface area (Å²) in [5.74, 6) is -0.201. The SMILES string of the molecule is CN(Cc1ccncc1)C(=O)c1cccc(NS(=O)(=O)c2ccccc2)c1. The summed E-state index contributed by atoms with van der Waals surface area (Å²) in [5, 5.41) is 0. The molecule has 0 aliphatic rings. The summed E-state index contributed by atoms with van der Waals surface area (Å²) in [6, 6.07) is 18.2. The largest absolute Gasteiger partial charge is 0.337 e. The molecule has 0 saturated carbocycles. The monoisotopic (exact) mass is 381 g/mol. The van der Waals surface area contributed by atoms with Gasteiger partial charge in [-0.25, -0.2) is 8.42 Å². The van der Waals surface area contributed by atoms with Crippen LogP contribution in [-0.2, 0) is 16.6 Å². The number of nitrogens with one attached hydrogen (secondary N) is 1. The maximum absolute atomic E-state index is 12.7. The number of nitrogens with zero attached hydrogens (tertiary/aromatic N) is 2. The van der Waals surface area contributed by atoms with E-state index >= 15 is 0 Å². The molecular weight excluding hydrogens is 362 g/mol. The first-order valence-electron chi connectivity index (χ1n) is 8.28. The van der Waals surface area contributed by atoms with Crippen LogP contribution in [0, 0.1) is 0 Å². The number of hydrogen-bond donors (Lipinski definition) is 1. The second kappa shape index (κ2) is 8.01. The van der Waals surface area contributed by atoms with E-state index in [1.54, 1.807) is 60.7 Å². The Labute approximate surface area is 158 Å². The van der Waals surface area contributed by atoms with Crippen LogP contribution in [0.15, 0.2) is 84.0 Å². The van der Waals surface area contributed by atoms with Gasteiger partial charge in [0.25, 0.3) is 15.9 Å². The average molecular weight is 381 g/mol. The highest BCUT2D eigenvalue weighted by molar-refractivity contribution is 7.92. The van der Waals surface area contributed by atoms with Gasteiger partial charge in [0.1, 0.15) is 0 Å². The lowest BCUT2D eigenvalue weighted by atomic mass is 10.1. The zero-order valence-electron chi connectivity index (χ0n) is 14.7. The Morgan fingerprint density at radius 2 is 1.70 bits per heavy atom. The maximum atomic E-state index is 12.7. The maximum Gasteiger partial charge on any atom is 0.261 e. The van der Waals surface area contributed by atoms with E-state index in [0.29, 0.717) is 17.8 Å². The highest BCUT2D eigenvalue weighted by Crippen LogP contribution is 2.18. The molecule has 0 radical (unpaired) electrons. The Morgan fingerprint density at radius 1 is 1.00 bits per heavy atom. The predicted molar refractivity (Wildman–Crippen MR) is 104 cm³/mol. The van der Waals surface area contributed by atoms with E-state index in [-0.39, 0.29) is 10.8 Å². The summed E-state index contributed by atoms with van der Waals surface area (Å²) < 4.78 is 27.4. The van der Waals surface area contributed by atoms with Crippen molar-refractivity contribution in [2.45, 2.75) is 11.4 Å². The molecule has 138 valence electrons. The Balaban J connectivity index is 1.76. The molecule has 1 N–H and O–H groups in total. The molecule has 27 heavy (non-hydrogen) atoms. The number of carbonyl (C=O) groups is 1. The van der Waals surface area contributed by atoms with Gasteiger partial charge in [-0.3, -0.25) is 14.5 Å². The number of aromatic nitrogens is 1. The van der Waals surface area contributed by atoms with Gasteiger partial charge >= 0.3 is 0 Å². The van der Waals surface area contributed by atoms with Gasteiger partial charge in [-0.1, -0.05) is 24.3 Å². The van der Waals surface area contributed by atoms with E-state index in [0.717, 1.165) is 5.56 Å². The molecule has 1 aromatic heterocycles. The van der Waals surface area contributed by atoms with Crippen molar-refractivity contribution in [2.24, 2.45) is 0 Å². The Morgan fingerprint density at radius 3 is 2.41 bits per heavy atom. The van der Waals surface area contributed by atoms with E-state index in [9.17, 15) is 13.2 Å². The predicted octanol–water partition coefficient (Wildman–Crippen LogP) is 3.15. The zero-order chi connectivity index (χ0) is 19.3. The van der Waals surface area contributed by atoms with Gasteiger partial charge in [-0.05, 0) is 48.0 Å². The molecule has 0 saturated heterocycles. The third-order valence-corrected chi connectivity index (χ3v) is 5.33. The standard InChI is InChI=1S/C20H19N3O3S/c1-23(15-16-10-12-21-13-11-16)20(24)17-6-5-7-18(14-17)22-27(25,26)19-8-3-2-4-9-19/h2-14,22H,15H2,1H3. The zero-order valence-corrected chi connectivity index (χ0v) is 15.6. The highest BCUT2D eigenvalue weighted by Gasteiger charge is 2.16. The van der Waals surface area contributed by atoms with E-state index in [2.05, 4.69) is 9.71 Å². The molecule has 3 aromatic rings. The van der Waals surface area contributed by atoms with Crippen LogP contribution in [0.4, 0.5) is 5.69 Å². The van der Waals surface area contributed by atoms with Crippen molar-refractivity contribution in [3.8, 4) is 0 Å². The number of benzene rings is 2. The van der Waals surface area contributed by atoms with Gasteiger partial charge in [0.2, 0.25) is 0 Å². The van der Waals surface area contributed by atoms with Crippen molar-refractivity contribution in [1.29, 1.82) is 0 Å². The van der Waals surface area contributed by atoms with E-state index in [1.807, 2.05) is 12.1 Å². The summed E-state index contributed by atoms with van der Waals surface area (Å²) in [6.07, 6.45) is 3.35. The second-order valence-corrected chi connectivity index (χ2v) is 7.70. The fourth-order valence-corrected chi connectivity index (χ4v) is 3.65. The number of anilines is 1. The Hall–Kier alpha value is -3.19. The number of rotatable bonds is 6. The van der Waals surface area contributed by atoms with Crippen LogP contribution < -0.4 is 4.72 Å². The average Bonchev–Trinajstić information content (AvgIpc) is 2.69. The van der Waals surface area contributed by atoms with Crippen LogP contribution in [0.2, 0.25) is 0 Å². The van der Waals surface area contributed by atoms with Crippen molar-refractivity contribution in [2.75, 3.05) is 11.8 Å². The fourth-order valence-electron chi connectivity index (χ4n) is 2.58. The lowest BCUT2D eigenvalue weighted by Gasteiger charge is -2.18. The summed E-state index contributed by atoms with van der Waals surface area (Å²) in [4.78, 5) is 18.4. The number of carbonyl (C=O) groups excluding carboxylic acids is 1. The minimum atomic E-state index is -3.71. The van der Waals surface area contributed by atoms with Crippen molar-refractivity contribution in [3.63, 3.8) is 0 Å². The molecule has 0 spiro atoms. The molecule has 0 atom stereocenters. The molecule has 0 unspecified atom stereocenters. The van der Waals surface area contributed by atoms with Crippen LogP contribution >= 0.6 is 0 Å². The van der Waals surface area contributed by atoms with Crippen molar-refractivity contribution in [1.82, 2.24) is 9.88 Å². The minimum absolute atomic E-state index is 0.163. The van der Waals surface area contributed by atoms with Gasteiger partial charge in [0.15, 0.2) is 0 Å². The normalized spacial score (nSPS) is 11.0. The van der Waals surface area contributed by atoms with Crippen molar-refractivity contribution in [3.05, 3.63) is 90.3 Å². The number of amides is 1. The second-order valence-electron chi connectivity index (χ2n) is 6.02. The molecule has 0 aliphatic heterocycles. The molecule has 0 bridgehead atoms. The van der Waals surface area contributed by atoms with Gasteiger partial charge in [-0.15, -0.1) is 0 Å². The molecule has 0 aliphatic carbocycles. The molecule has 2 aromatic carbocycles. The molecule has 3 rings (SSSR count). The summed E-state index contributed by atoms with van der Waals surface area (Å²) in [7, 11) is -2.01. The first kappa shape index (κ1) is 18.6. The topological polar surface area (TPSA) is 79.4 Å². The third kappa shape index (κ3) is 4.71. The van der Waals surface area contributed by atoms with Crippen LogP contribution in [0.3, 0.4) is 0 Å². The van der Waals surface area contributed by atoms with Gasteiger partial charge in [-0.2, -0.15) is 0 Å². The summed E-state index contributed by atoms with van der Waals surface area (Å²) in [5.41, 5.74) is 1.70. The molecule has 1 heterocycles. The molecule has 6 nitrogen and oxygen atoms in total. The highest BCUT2D eigenvalue weighted by atomic mass is 32.2. The number of pyridine rings is 1. The quantitative estimate of drug-likeness (QED) is 0.711. The van der Waals surface area contributed by atoms with Crippen molar-refractivity contribution < 1.29 is 13.2 Å². The Kier molecular flexibility index (Phi) is 5.52. The van der Waals surface area contributed by atoms with E-state index < -0.39 is 10.0 Å². The minimum Gasteiger partial charge on any atom is -0.337 e. The van der Waals surface area contributed by atoms with Crippen LogP contribution in [0.1, 0.15) is 15.9 Å². The van der Waals surface area contributed by atoms with Crippen LogP contribution in [-0.4, -0.2) is 31.3 Å². The molecular formula is C20H19N3O3S. The number of sulfonamides is 1. The van der Waals surface area contributed by atoms with Gasteiger partial charge in [0.05, 0.1) is 4.90 Å². The molecule has 7 heteroatoms. The molecule has 0 fully saturated rings. The first-order chi connectivity index (χ1) is 13.0. The third-order valence-electron chi connectivity index (χ3n) is 3.93. The first-order valence-corrected chi connectivity index (χ1v) is 9.76.